The van der Waals surface area contributed by atoms with Crippen LogP contribution in [0.15, 0.2) is 40.8 Å². The minimum absolute atomic E-state index is 0.132. The Labute approximate surface area is 133 Å². The van der Waals surface area contributed by atoms with E-state index in [-0.39, 0.29) is 6.04 Å². The van der Waals surface area contributed by atoms with Crippen LogP contribution in [0.3, 0.4) is 0 Å². The molecule has 1 aromatic heterocycles. The van der Waals surface area contributed by atoms with Crippen molar-refractivity contribution in [3.05, 3.63) is 52.5 Å². The van der Waals surface area contributed by atoms with E-state index >= 15 is 0 Å². The number of oxazole rings is 1. The van der Waals surface area contributed by atoms with Crippen LogP contribution >= 0.6 is 11.6 Å². The molecule has 0 spiro atoms. The summed E-state index contributed by atoms with van der Waals surface area (Å²) in [5, 5.41) is 4.02. The van der Waals surface area contributed by atoms with Crippen molar-refractivity contribution >= 4 is 28.7 Å². The molecule has 1 atom stereocenters. The summed E-state index contributed by atoms with van der Waals surface area (Å²) in [6.45, 7) is 2.76. The van der Waals surface area contributed by atoms with Crippen LogP contribution < -0.4 is 10.1 Å². The maximum atomic E-state index is 5.99. The van der Waals surface area contributed by atoms with Gasteiger partial charge >= 0.3 is 0 Å². The third-order valence-electron chi connectivity index (χ3n) is 3.85. The number of anilines is 1. The second-order valence-electron chi connectivity index (χ2n) is 5.51. The lowest BCUT2D eigenvalue weighted by Gasteiger charge is -2.26. The number of aromatic nitrogens is 1. The molecule has 0 radical (unpaired) electrons. The number of rotatable bonds is 2. The van der Waals surface area contributed by atoms with Crippen molar-refractivity contribution in [3.63, 3.8) is 0 Å². The zero-order chi connectivity index (χ0) is 15.1. The van der Waals surface area contributed by atoms with Gasteiger partial charge < -0.3 is 14.5 Å². The van der Waals surface area contributed by atoms with E-state index in [1.54, 1.807) is 12.1 Å². The van der Waals surface area contributed by atoms with Gasteiger partial charge in [0.1, 0.15) is 11.3 Å². The summed E-state index contributed by atoms with van der Waals surface area (Å²) in [5.41, 5.74) is 3.84. The predicted octanol–water partition coefficient (Wildman–Crippen LogP) is 4.73. The van der Waals surface area contributed by atoms with Crippen molar-refractivity contribution in [3.8, 4) is 5.75 Å². The monoisotopic (exact) mass is 314 g/mol. The summed E-state index contributed by atoms with van der Waals surface area (Å²) in [6.07, 6.45) is 0.871. The maximum Gasteiger partial charge on any atom is 0.296 e. The van der Waals surface area contributed by atoms with E-state index < -0.39 is 0 Å². The van der Waals surface area contributed by atoms with E-state index in [0.29, 0.717) is 17.6 Å². The Bertz CT molecular complexity index is 844. The van der Waals surface area contributed by atoms with Crippen LogP contribution in [0, 0.1) is 6.92 Å². The Morgan fingerprint density at radius 3 is 3.05 bits per heavy atom. The fourth-order valence-corrected chi connectivity index (χ4v) is 2.94. The van der Waals surface area contributed by atoms with Gasteiger partial charge in [-0.15, -0.1) is 0 Å². The van der Waals surface area contributed by atoms with E-state index in [1.165, 1.54) is 5.56 Å². The minimum atomic E-state index is 0.132. The second-order valence-corrected chi connectivity index (χ2v) is 5.94. The molecule has 22 heavy (non-hydrogen) atoms. The molecule has 5 heteroatoms. The lowest BCUT2D eigenvalue weighted by molar-refractivity contribution is 0.273. The molecule has 0 amide bonds. The summed E-state index contributed by atoms with van der Waals surface area (Å²) in [7, 11) is 0. The number of nitrogens with one attached hydrogen (secondary N) is 1. The Balaban J connectivity index is 1.67. The van der Waals surface area contributed by atoms with Gasteiger partial charge in [0.2, 0.25) is 0 Å². The lowest BCUT2D eigenvalue weighted by atomic mass is 9.99. The molecular weight excluding hydrogens is 300 g/mol. The smallest absolute Gasteiger partial charge is 0.296 e. The number of hydrogen-bond acceptors (Lipinski definition) is 4. The molecule has 1 N–H and O–H groups in total. The summed E-state index contributed by atoms with van der Waals surface area (Å²) in [6, 6.07) is 12.3. The van der Waals surface area contributed by atoms with E-state index in [2.05, 4.69) is 29.4 Å². The Kier molecular flexibility index (Phi) is 3.19. The Morgan fingerprint density at radius 2 is 2.14 bits per heavy atom. The van der Waals surface area contributed by atoms with Crippen LogP contribution in [-0.2, 0) is 0 Å². The van der Waals surface area contributed by atoms with Crippen molar-refractivity contribution in [2.45, 2.75) is 19.4 Å². The van der Waals surface area contributed by atoms with E-state index in [4.69, 9.17) is 20.8 Å². The number of hydrogen-bond donors (Lipinski definition) is 1. The highest BCUT2D eigenvalue weighted by Crippen LogP contribution is 2.35. The number of halogens is 1. The molecule has 0 aliphatic carbocycles. The van der Waals surface area contributed by atoms with Gasteiger partial charge in [0, 0.05) is 17.0 Å². The fourth-order valence-electron chi connectivity index (χ4n) is 2.78. The number of fused-ring (bicyclic) bond motifs is 2. The van der Waals surface area contributed by atoms with Crippen molar-refractivity contribution in [2.75, 3.05) is 11.9 Å². The first-order valence-electron chi connectivity index (χ1n) is 7.25. The molecule has 112 valence electrons. The number of aryl methyl sites for hydroxylation is 1. The molecule has 0 fully saturated rings. The van der Waals surface area contributed by atoms with Crippen molar-refractivity contribution in [1.29, 1.82) is 0 Å². The molecule has 2 aromatic carbocycles. The van der Waals surface area contributed by atoms with Gasteiger partial charge in [0.15, 0.2) is 5.58 Å². The largest absolute Gasteiger partial charge is 0.493 e. The number of ether oxygens (including phenoxy) is 1. The maximum absolute atomic E-state index is 5.99. The number of benzene rings is 2. The SMILES string of the molecule is Cc1ccc2c(c1)C(Nc1nc3cc(Cl)ccc3o1)CCO2. The van der Waals surface area contributed by atoms with E-state index in [9.17, 15) is 0 Å². The molecule has 4 rings (SSSR count). The highest BCUT2D eigenvalue weighted by atomic mass is 35.5. The highest BCUT2D eigenvalue weighted by Gasteiger charge is 2.23. The standard InChI is InChI=1S/C17H15ClN2O2/c1-10-2-4-15-12(8-10)13(6-7-21-15)19-17-20-14-9-11(18)3-5-16(14)22-17/h2-5,8-9,13H,6-7H2,1H3,(H,19,20). The third-order valence-corrected chi connectivity index (χ3v) is 4.09. The van der Waals surface area contributed by atoms with Gasteiger partial charge in [0.05, 0.1) is 12.6 Å². The third kappa shape index (κ3) is 2.40. The zero-order valence-corrected chi connectivity index (χ0v) is 12.9. The molecule has 0 bridgehead atoms. The summed E-state index contributed by atoms with van der Waals surface area (Å²) in [4.78, 5) is 4.46. The average Bonchev–Trinajstić information content (AvgIpc) is 2.89. The molecule has 2 heterocycles. The van der Waals surface area contributed by atoms with Gasteiger partial charge in [0.25, 0.3) is 6.01 Å². The van der Waals surface area contributed by atoms with Crippen LogP contribution in [0.2, 0.25) is 5.02 Å². The molecule has 0 saturated heterocycles. The van der Waals surface area contributed by atoms with Gasteiger partial charge in [-0.2, -0.15) is 4.98 Å². The van der Waals surface area contributed by atoms with Crippen LogP contribution in [0.5, 0.6) is 5.75 Å². The Hall–Kier alpha value is -2.20. The van der Waals surface area contributed by atoms with Gasteiger partial charge in [-0.25, -0.2) is 0 Å². The normalized spacial score (nSPS) is 17.1. The van der Waals surface area contributed by atoms with Crippen molar-refractivity contribution in [1.82, 2.24) is 4.98 Å². The molecule has 3 aromatic rings. The quantitative estimate of drug-likeness (QED) is 0.743. The average molecular weight is 315 g/mol. The van der Waals surface area contributed by atoms with E-state index in [1.807, 2.05) is 12.1 Å². The van der Waals surface area contributed by atoms with Crippen LogP contribution in [-0.4, -0.2) is 11.6 Å². The van der Waals surface area contributed by atoms with Crippen LogP contribution in [0.1, 0.15) is 23.6 Å². The topological polar surface area (TPSA) is 47.3 Å². The molecule has 1 aliphatic rings. The molecule has 1 aliphatic heterocycles. The first-order chi connectivity index (χ1) is 10.7. The van der Waals surface area contributed by atoms with Gasteiger partial charge in [-0.1, -0.05) is 29.3 Å². The van der Waals surface area contributed by atoms with Crippen LogP contribution in [0.25, 0.3) is 11.1 Å². The highest BCUT2D eigenvalue weighted by molar-refractivity contribution is 6.31. The summed E-state index contributed by atoms with van der Waals surface area (Å²) in [5.74, 6) is 0.925. The molecule has 0 saturated carbocycles. The predicted molar refractivity (Wildman–Crippen MR) is 86.7 cm³/mol. The molecule has 1 unspecified atom stereocenters. The number of nitrogens with zero attached hydrogens (tertiary/aromatic N) is 1. The summed E-state index contributed by atoms with van der Waals surface area (Å²) < 4.78 is 11.5. The lowest BCUT2D eigenvalue weighted by Crippen LogP contribution is -2.20. The first kappa shape index (κ1) is 13.5. The first-order valence-corrected chi connectivity index (χ1v) is 7.63. The molecule has 4 nitrogen and oxygen atoms in total. The molecular formula is C17H15ClN2O2. The minimum Gasteiger partial charge on any atom is -0.493 e. The summed E-state index contributed by atoms with van der Waals surface area (Å²) >= 11 is 5.99. The van der Waals surface area contributed by atoms with Gasteiger partial charge in [-0.3, -0.25) is 0 Å². The fraction of sp³-hybridized carbons (Fsp3) is 0.235. The van der Waals surface area contributed by atoms with Gasteiger partial charge in [-0.05, 0) is 31.2 Å². The zero-order valence-electron chi connectivity index (χ0n) is 12.1. The van der Waals surface area contributed by atoms with Crippen LogP contribution in [0.4, 0.5) is 6.01 Å². The van der Waals surface area contributed by atoms with E-state index in [0.717, 1.165) is 28.8 Å². The Morgan fingerprint density at radius 1 is 1.23 bits per heavy atom. The van der Waals surface area contributed by atoms with Crippen molar-refractivity contribution in [2.24, 2.45) is 0 Å². The van der Waals surface area contributed by atoms with Crippen molar-refractivity contribution < 1.29 is 9.15 Å². The second kappa shape index (κ2) is 5.21.